The van der Waals surface area contributed by atoms with E-state index in [1.54, 1.807) is 24.7 Å². The third kappa shape index (κ3) is 2.95. The Morgan fingerprint density at radius 2 is 1.88 bits per heavy atom. The van der Waals surface area contributed by atoms with Crippen molar-refractivity contribution < 1.29 is 4.39 Å². The molecule has 0 spiro atoms. The molecule has 4 N–H and O–H groups in total. The number of pyridine rings is 3. The number of nitrogens with zero attached hydrogens (tertiary/aromatic N) is 5. The van der Waals surface area contributed by atoms with Gasteiger partial charge in [-0.15, -0.1) is 0 Å². The molecule has 0 aliphatic rings. The monoisotopic (exact) mass is 422 g/mol. The average Bonchev–Trinajstić information content (AvgIpc) is 3.42. The van der Waals surface area contributed by atoms with Crippen LogP contribution in [0.4, 0.5) is 10.1 Å². The number of nitrogens with two attached hydrogens (primary N) is 1. The molecule has 0 atom stereocenters. The van der Waals surface area contributed by atoms with Gasteiger partial charge in [0.1, 0.15) is 11.3 Å². The van der Waals surface area contributed by atoms with Crippen LogP contribution in [0.15, 0.2) is 67.1 Å². The van der Waals surface area contributed by atoms with Gasteiger partial charge in [-0.25, -0.2) is 19.3 Å². The van der Waals surface area contributed by atoms with Gasteiger partial charge >= 0.3 is 0 Å². The number of H-pyrrole nitrogens is 2. The zero-order valence-electron chi connectivity index (χ0n) is 16.5. The average molecular weight is 422 g/mol. The van der Waals surface area contributed by atoms with Gasteiger partial charge in [0.05, 0.1) is 22.4 Å². The summed E-state index contributed by atoms with van der Waals surface area (Å²) in [6, 6.07) is 13.8. The molecular weight excluding hydrogens is 407 g/mol. The van der Waals surface area contributed by atoms with Gasteiger partial charge in [-0.1, -0.05) is 12.1 Å². The Morgan fingerprint density at radius 1 is 0.938 bits per heavy atom. The maximum Gasteiger partial charge on any atom is 0.178 e. The normalized spacial score (nSPS) is 11.4. The van der Waals surface area contributed by atoms with Gasteiger partial charge in [-0.05, 0) is 42.0 Å². The molecule has 6 aromatic rings. The van der Waals surface area contributed by atoms with Gasteiger partial charge in [0.25, 0.3) is 0 Å². The first kappa shape index (κ1) is 18.1. The number of imidazole rings is 1. The molecule has 0 aliphatic heterocycles. The van der Waals surface area contributed by atoms with Crippen LogP contribution in [0.2, 0.25) is 0 Å². The number of benzene rings is 1. The molecule has 154 valence electrons. The Labute approximate surface area is 180 Å². The zero-order valence-corrected chi connectivity index (χ0v) is 16.5. The van der Waals surface area contributed by atoms with Crippen molar-refractivity contribution in [3.63, 3.8) is 0 Å². The number of hydrogen-bond donors (Lipinski definition) is 3. The molecule has 5 aromatic heterocycles. The SMILES string of the molecule is Nc1cncc(-c2ccc3[nH]nc(-c4nc5nccc(-c6cccc(F)c6)c5[nH]4)c3n2)c1. The predicted octanol–water partition coefficient (Wildman–Crippen LogP) is 4.35. The second kappa shape index (κ2) is 6.95. The zero-order chi connectivity index (χ0) is 21.7. The van der Waals surface area contributed by atoms with Crippen molar-refractivity contribution >= 4 is 27.9 Å². The van der Waals surface area contributed by atoms with Gasteiger partial charge in [0.2, 0.25) is 0 Å². The van der Waals surface area contributed by atoms with Crippen LogP contribution in [0.5, 0.6) is 0 Å². The summed E-state index contributed by atoms with van der Waals surface area (Å²) in [5.41, 5.74) is 12.7. The fourth-order valence-corrected chi connectivity index (χ4v) is 3.74. The highest BCUT2D eigenvalue weighted by Gasteiger charge is 2.17. The lowest BCUT2D eigenvalue weighted by atomic mass is 10.1. The van der Waals surface area contributed by atoms with Crippen molar-refractivity contribution in [3.05, 3.63) is 72.9 Å². The maximum absolute atomic E-state index is 13.8. The number of halogens is 1. The van der Waals surface area contributed by atoms with Crippen molar-refractivity contribution in [2.24, 2.45) is 0 Å². The number of anilines is 1. The second-order valence-electron chi connectivity index (χ2n) is 7.32. The van der Waals surface area contributed by atoms with Gasteiger partial charge < -0.3 is 10.7 Å². The molecule has 0 saturated carbocycles. The molecule has 0 amide bonds. The van der Waals surface area contributed by atoms with Crippen LogP contribution in [0.25, 0.3) is 56.1 Å². The number of fused-ring (bicyclic) bond motifs is 2. The number of aromatic nitrogens is 7. The minimum atomic E-state index is -0.307. The van der Waals surface area contributed by atoms with E-state index < -0.39 is 0 Å². The Kier molecular flexibility index (Phi) is 3.94. The molecule has 32 heavy (non-hydrogen) atoms. The minimum Gasteiger partial charge on any atom is -0.397 e. The summed E-state index contributed by atoms with van der Waals surface area (Å²) < 4.78 is 13.8. The van der Waals surface area contributed by atoms with Crippen molar-refractivity contribution in [3.8, 4) is 33.9 Å². The van der Waals surface area contributed by atoms with Crippen molar-refractivity contribution in [2.75, 3.05) is 5.73 Å². The van der Waals surface area contributed by atoms with Gasteiger partial charge in [0, 0.05) is 29.7 Å². The lowest BCUT2D eigenvalue weighted by molar-refractivity contribution is 0.628. The van der Waals surface area contributed by atoms with Crippen LogP contribution in [-0.4, -0.2) is 35.1 Å². The number of nitrogen functional groups attached to an aromatic ring is 1. The molecule has 5 heterocycles. The number of hydrogen-bond acceptors (Lipinski definition) is 6. The Balaban J connectivity index is 1.51. The molecule has 8 nitrogen and oxygen atoms in total. The number of rotatable bonds is 3. The third-order valence-electron chi connectivity index (χ3n) is 5.21. The van der Waals surface area contributed by atoms with E-state index in [1.807, 2.05) is 30.3 Å². The van der Waals surface area contributed by atoms with Crippen LogP contribution in [0.1, 0.15) is 0 Å². The molecule has 9 heteroatoms. The Hall–Kier alpha value is -4.66. The van der Waals surface area contributed by atoms with E-state index in [0.29, 0.717) is 33.9 Å². The topological polar surface area (TPSA) is 122 Å². The highest BCUT2D eigenvalue weighted by Crippen LogP contribution is 2.31. The summed E-state index contributed by atoms with van der Waals surface area (Å²) >= 11 is 0. The molecule has 6 rings (SSSR count). The summed E-state index contributed by atoms with van der Waals surface area (Å²) in [5.74, 6) is 0.205. The number of nitrogens with one attached hydrogen (secondary N) is 2. The number of aromatic amines is 2. The first-order valence-corrected chi connectivity index (χ1v) is 9.83. The second-order valence-corrected chi connectivity index (χ2v) is 7.32. The summed E-state index contributed by atoms with van der Waals surface area (Å²) in [6.45, 7) is 0. The van der Waals surface area contributed by atoms with Crippen molar-refractivity contribution in [1.82, 2.24) is 35.1 Å². The van der Waals surface area contributed by atoms with Gasteiger partial charge in [0.15, 0.2) is 17.2 Å². The van der Waals surface area contributed by atoms with Gasteiger partial charge in [-0.2, -0.15) is 5.10 Å². The Morgan fingerprint density at radius 3 is 2.75 bits per heavy atom. The largest absolute Gasteiger partial charge is 0.397 e. The van der Waals surface area contributed by atoms with Gasteiger partial charge in [-0.3, -0.25) is 10.1 Å². The van der Waals surface area contributed by atoms with Crippen LogP contribution < -0.4 is 5.73 Å². The highest BCUT2D eigenvalue weighted by molar-refractivity contribution is 5.94. The quantitative estimate of drug-likeness (QED) is 0.390. The molecule has 0 saturated heterocycles. The Bertz CT molecular complexity index is 1620. The van der Waals surface area contributed by atoms with E-state index >= 15 is 0 Å². The van der Waals surface area contributed by atoms with Crippen LogP contribution >= 0.6 is 0 Å². The lowest BCUT2D eigenvalue weighted by Gasteiger charge is -2.02. The maximum atomic E-state index is 13.8. The molecule has 1 aromatic carbocycles. The lowest BCUT2D eigenvalue weighted by Crippen LogP contribution is -1.90. The standard InChI is InChI=1S/C23H15FN8/c24-14-3-1-2-12(8-14)16-6-7-27-22-19(16)29-23(30-22)21-20-18(31-32-21)5-4-17(28-20)13-9-15(25)11-26-10-13/h1-11H,25H2,(H,31,32)(H,27,29,30). The summed E-state index contributed by atoms with van der Waals surface area (Å²) in [5, 5.41) is 7.41. The van der Waals surface area contributed by atoms with E-state index in [-0.39, 0.29) is 5.82 Å². The van der Waals surface area contributed by atoms with E-state index in [0.717, 1.165) is 27.9 Å². The van der Waals surface area contributed by atoms with Crippen LogP contribution in [0.3, 0.4) is 0 Å². The van der Waals surface area contributed by atoms with Crippen LogP contribution in [0, 0.1) is 5.82 Å². The molecule has 0 fully saturated rings. The fraction of sp³-hybridized carbons (Fsp3) is 0. The first-order valence-electron chi connectivity index (χ1n) is 9.83. The molecule has 0 aliphatic carbocycles. The van der Waals surface area contributed by atoms with E-state index in [9.17, 15) is 4.39 Å². The fourth-order valence-electron chi connectivity index (χ4n) is 3.74. The summed E-state index contributed by atoms with van der Waals surface area (Å²) in [6.07, 6.45) is 4.95. The summed E-state index contributed by atoms with van der Waals surface area (Å²) in [7, 11) is 0. The molecular formula is C23H15FN8. The third-order valence-corrected chi connectivity index (χ3v) is 5.21. The smallest absolute Gasteiger partial charge is 0.178 e. The van der Waals surface area contributed by atoms with Crippen LogP contribution in [-0.2, 0) is 0 Å². The van der Waals surface area contributed by atoms with E-state index in [1.165, 1.54) is 12.1 Å². The van der Waals surface area contributed by atoms with E-state index in [2.05, 4.69) is 30.1 Å². The highest BCUT2D eigenvalue weighted by atomic mass is 19.1. The minimum absolute atomic E-state index is 0.307. The molecule has 0 unspecified atom stereocenters. The first-order chi connectivity index (χ1) is 15.7. The molecule has 0 bridgehead atoms. The molecule has 0 radical (unpaired) electrons. The van der Waals surface area contributed by atoms with Crippen molar-refractivity contribution in [2.45, 2.75) is 0 Å². The van der Waals surface area contributed by atoms with Crippen molar-refractivity contribution in [1.29, 1.82) is 0 Å². The predicted molar refractivity (Wildman–Crippen MR) is 120 cm³/mol. The summed E-state index contributed by atoms with van der Waals surface area (Å²) in [4.78, 5) is 21.2. The van der Waals surface area contributed by atoms with E-state index in [4.69, 9.17) is 10.7 Å².